The minimum Gasteiger partial charge on any atom is -0.490 e. The summed E-state index contributed by atoms with van der Waals surface area (Å²) in [5.74, 6) is 0.396. The van der Waals surface area contributed by atoms with E-state index in [1.54, 1.807) is 12.1 Å². The van der Waals surface area contributed by atoms with Crippen molar-refractivity contribution in [3.8, 4) is 5.75 Å². The zero-order chi connectivity index (χ0) is 18.0. The molecule has 0 aromatic heterocycles. The summed E-state index contributed by atoms with van der Waals surface area (Å²) in [6.07, 6.45) is 0.377. The van der Waals surface area contributed by atoms with Crippen molar-refractivity contribution < 1.29 is 14.3 Å². The number of para-hydroxylation sites is 1. The second-order valence-electron chi connectivity index (χ2n) is 6.50. The van der Waals surface area contributed by atoms with E-state index in [2.05, 4.69) is 10.6 Å². The van der Waals surface area contributed by atoms with Gasteiger partial charge in [-0.1, -0.05) is 24.3 Å². The molecule has 0 aliphatic carbocycles. The SMILES string of the molecule is CC(C)Oc1ccccc1C(=O)N[C@@H](C)c1ccc2c(c1)CC(=O)N2. The Bertz CT molecular complexity index is 814. The van der Waals surface area contributed by atoms with Crippen molar-refractivity contribution in [3.63, 3.8) is 0 Å². The van der Waals surface area contributed by atoms with Gasteiger partial charge in [0, 0.05) is 5.69 Å². The van der Waals surface area contributed by atoms with Crippen LogP contribution in [0.2, 0.25) is 0 Å². The molecule has 3 rings (SSSR count). The fraction of sp³-hybridized carbons (Fsp3) is 0.300. The topological polar surface area (TPSA) is 67.4 Å². The van der Waals surface area contributed by atoms with Gasteiger partial charge < -0.3 is 15.4 Å². The number of benzene rings is 2. The minimum absolute atomic E-state index is 0.00333. The smallest absolute Gasteiger partial charge is 0.255 e. The quantitative estimate of drug-likeness (QED) is 0.877. The first kappa shape index (κ1) is 17.0. The van der Waals surface area contributed by atoms with Crippen LogP contribution in [0.5, 0.6) is 5.75 Å². The van der Waals surface area contributed by atoms with Gasteiger partial charge in [0.15, 0.2) is 0 Å². The maximum atomic E-state index is 12.7. The minimum atomic E-state index is -0.182. The number of ether oxygens (including phenoxy) is 1. The molecule has 1 aliphatic heterocycles. The van der Waals surface area contributed by atoms with Gasteiger partial charge in [-0.25, -0.2) is 0 Å². The molecule has 0 radical (unpaired) electrons. The summed E-state index contributed by atoms with van der Waals surface area (Å²) in [5, 5.41) is 5.82. The summed E-state index contributed by atoms with van der Waals surface area (Å²) < 4.78 is 5.72. The molecule has 2 amide bonds. The average Bonchev–Trinajstić information content (AvgIpc) is 2.93. The van der Waals surface area contributed by atoms with Gasteiger partial charge in [0.1, 0.15) is 5.75 Å². The third-order valence-corrected chi connectivity index (χ3v) is 4.10. The number of anilines is 1. The second-order valence-corrected chi connectivity index (χ2v) is 6.50. The lowest BCUT2D eigenvalue weighted by atomic mass is 10.0. The van der Waals surface area contributed by atoms with Crippen LogP contribution in [0.1, 0.15) is 48.3 Å². The van der Waals surface area contributed by atoms with E-state index in [9.17, 15) is 9.59 Å². The van der Waals surface area contributed by atoms with Crippen LogP contribution < -0.4 is 15.4 Å². The summed E-state index contributed by atoms with van der Waals surface area (Å²) in [6.45, 7) is 5.78. The normalized spacial score (nSPS) is 14.0. The molecule has 1 atom stereocenters. The van der Waals surface area contributed by atoms with Crippen LogP contribution in [0, 0.1) is 0 Å². The van der Waals surface area contributed by atoms with Gasteiger partial charge in [0.05, 0.1) is 24.1 Å². The Morgan fingerprint density at radius 2 is 1.92 bits per heavy atom. The van der Waals surface area contributed by atoms with Gasteiger partial charge >= 0.3 is 0 Å². The van der Waals surface area contributed by atoms with Crippen LogP contribution in [-0.4, -0.2) is 17.9 Å². The lowest BCUT2D eigenvalue weighted by Gasteiger charge is -2.18. The van der Waals surface area contributed by atoms with Crippen LogP contribution in [-0.2, 0) is 11.2 Å². The highest BCUT2D eigenvalue weighted by Gasteiger charge is 2.20. The van der Waals surface area contributed by atoms with E-state index in [0.717, 1.165) is 16.8 Å². The zero-order valence-electron chi connectivity index (χ0n) is 14.6. The molecule has 0 spiro atoms. The third-order valence-electron chi connectivity index (χ3n) is 4.10. The lowest BCUT2D eigenvalue weighted by Crippen LogP contribution is -2.27. The standard InChI is InChI=1S/C20H22N2O3/c1-12(2)25-18-7-5-4-6-16(18)20(24)21-13(3)14-8-9-17-15(10-14)11-19(23)22-17/h4-10,12-13H,11H2,1-3H3,(H,21,24)(H,22,23)/t13-/m0/s1. The molecule has 25 heavy (non-hydrogen) atoms. The molecule has 5 heteroatoms. The van der Waals surface area contributed by atoms with Crippen molar-refractivity contribution >= 4 is 17.5 Å². The molecule has 2 aromatic rings. The van der Waals surface area contributed by atoms with E-state index >= 15 is 0 Å². The average molecular weight is 338 g/mol. The summed E-state index contributed by atoms with van der Waals surface area (Å²) in [4.78, 5) is 24.1. The number of hydrogen-bond donors (Lipinski definition) is 2. The van der Waals surface area contributed by atoms with E-state index in [1.807, 2.05) is 51.1 Å². The summed E-state index contributed by atoms with van der Waals surface area (Å²) in [5.41, 5.74) is 3.29. The number of rotatable bonds is 5. The van der Waals surface area contributed by atoms with E-state index in [-0.39, 0.29) is 24.0 Å². The fourth-order valence-corrected chi connectivity index (χ4v) is 2.89. The summed E-state index contributed by atoms with van der Waals surface area (Å²) >= 11 is 0. The van der Waals surface area contributed by atoms with E-state index < -0.39 is 0 Å². The molecule has 2 aromatic carbocycles. The lowest BCUT2D eigenvalue weighted by molar-refractivity contribution is -0.115. The maximum absolute atomic E-state index is 12.7. The number of carbonyl (C=O) groups excluding carboxylic acids is 2. The first-order chi connectivity index (χ1) is 11.9. The highest BCUT2D eigenvalue weighted by Crippen LogP contribution is 2.27. The Morgan fingerprint density at radius 1 is 1.16 bits per heavy atom. The Balaban J connectivity index is 1.75. The molecular weight excluding hydrogens is 316 g/mol. The molecule has 0 bridgehead atoms. The first-order valence-electron chi connectivity index (χ1n) is 8.43. The molecule has 0 saturated heterocycles. The molecule has 0 unspecified atom stereocenters. The molecule has 0 saturated carbocycles. The van der Waals surface area contributed by atoms with E-state index in [0.29, 0.717) is 17.7 Å². The zero-order valence-corrected chi connectivity index (χ0v) is 14.6. The number of nitrogens with one attached hydrogen (secondary N) is 2. The number of fused-ring (bicyclic) bond motifs is 1. The van der Waals surface area contributed by atoms with Crippen LogP contribution >= 0.6 is 0 Å². The Kier molecular flexibility index (Phi) is 4.74. The van der Waals surface area contributed by atoms with Crippen molar-refractivity contribution in [1.29, 1.82) is 0 Å². The van der Waals surface area contributed by atoms with Gasteiger partial charge in [-0.15, -0.1) is 0 Å². The third kappa shape index (κ3) is 3.82. The fourth-order valence-electron chi connectivity index (χ4n) is 2.89. The van der Waals surface area contributed by atoms with Crippen LogP contribution in [0.4, 0.5) is 5.69 Å². The van der Waals surface area contributed by atoms with Crippen molar-refractivity contribution in [1.82, 2.24) is 5.32 Å². The van der Waals surface area contributed by atoms with Crippen molar-refractivity contribution in [2.75, 3.05) is 5.32 Å². The van der Waals surface area contributed by atoms with Gasteiger partial charge in [-0.2, -0.15) is 0 Å². The summed E-state index contributed by atoms with van der Waals surface area (Å²) in [6, 6.07) is 12.8. The number of amides is 2. The van der Waals surface area contributed by atoms with Gasteiger partial charge in [0.2, 0.25) is 5.91 Å². The van der Waals surface area contributed by atoms with Crippen LogP contribution in [0.15, 0.2) is 42.5 Å². The molecule has 0 fully saturated rings. The molecule has 2 N–H and O–H groups in total. The molecule has 1 aliphatic rings. The van der Waals surface area contributed by atoms with Gasteiger partial charge in [-0.05, 0) is 50.1 Å². The highest BCUT2D eigenvalue weighted by atomic mass is 16.5. The van der Waals surface area contributed by atoms with E-state index in [4.69, 9.17) is 4.74 Å². The van der Waals surface area contributed by atoms with E-state index in [1.165, 1.54) is 0 Å². The highest BCUT2D eigenvalue weighted by molar-refractivity contribution is 5.99. The first-order valence-corrected chi connectivity index (χ1v) is 8.43. The van der Waals surface area contributed by atoms with Gasteiger partial charge in [0.25, 0.3) is 5.91 Å². The second kappa shape index (κ2) is 6.97. The number of carbonyl (C=O) groups is 2. The maximum Gasteiger partial charge on any atom is 0.255 e. The monoisotopic (exact) mass is 338 g/mol. The molecule has 1 heterocycles. The number of hydrogen-bond acceptors (Lipinski definition) is 3. The Labute approximate surface area is 147 Å². The van der Waals surface area contributed by atoms with Crippen LogP contribution in [0.25, 0.3) is 0 Å². The predicted octanol–water partition coefficient (Wildman–Crippen LogP) is 3.46. The Hall–Kier alpha value is -2.82. The Morgan fingerprint density at radius 3 is 2.68 bits per heavy atom. The van der Waals surface area contributed by atoms with Crippen molar-refractivity contribution in [3.05, 3.63) is 59.2 Å². The molecule has 130 valence electrons. The summed E-state index contributed by atoms with van der Waals surface area (Å²) in [7, 11) is 0. The largest absolute Gasteiger partial charge is 0.490 e. The predicted molar refractivity (Wildman–Crippen MR) is 96.9 cm³/mol. The van der Waals surface area contributed by atoms with Crippen molar-refractivity contribution in [2.45, 2.75) is 39.3 Å². The van der Waals surface area contributed by atoms with Crippen LogP contribution in [0.3, 0.4) is 0 Å². The van der Waals surface area contributed by atoms with Crippen molar-refractivity contribution in [2.24, 2.45) is 0 Å². The molecule has 5 nitrogen and oxygen atoms in total. The van der Waals surface area contributed by atoms with Gasteiger partial charge in [-0.3, -0.25) is 9.59 Å². The molecular formula is C20H22N2O3.